The SMILES string of the molecule is CC(C)C[C@H](NC(=O)OCC(C)c1cc2c(cc1[N+](=O)[O-])OCO2)C(=O)O. The fraction of sp³-hybridized carbons (Fsp3) is 0.529. The van der Waals surface area contributed by atoms with Crippen molar-refractivity contribution in [3.63, 3.8) is 0 Å². The van der Waals surface area contributed by atoms with E-state index in [4.69, 9.17) is 19.3 Å². The number of amides is 1. The van der Waals surface area contributed by atoms with Crippen LogP contribution in [0.3, 0.4) is 0 Å². The van der Waals surface area contributed by atoms with Crippen LogP contribution in [0.2, 0.25) is 0 Å². The highest BCUT2D eigenvalue weighted by Gasteiger charge is 2.27. The van der Waals surface area contributed by atoms with Gasteiger partial charge in [-0.1, -0.05) is 20.8 Å². The van der Waals surface area contributed by atoms with Crippen LogP contribution in [0.15, 0.2) is 12.1 Å². The number of nitro groups is 1. The second kappa shape index (κ2) is 8.56. The molecule has 2 N–H and O–H groups in total. The predicted molar refractivity (Wildman–Crippen MR) is 93.0 cm³/mol. The Balaban J connectivity index is 2.03. The number of aliphatic carboxylic acids is 1. The third kappa shape index (κ3) is 5.22. The van der Waals surface area contributed by atoms with E-state index in [2.05, 4.69) is 5.32 Å². The monoisotopic (exact) mass is 382 g/mol. The number of hydrogen-bond donors (Lipinski definition) is 2. The Labute approximate surface area is 155 Å². The van der Waals surface area contributed by atoms with Gasteiger partial charge in [0.2, 0.25) is 6.79 Å². The highest BCUT2D eigenvalue weighted by atomic mass is 16.7. The molecular formula is C17H22N2O8. The average molecular weight is 382 g/mol. The Morgan fingerprint density at radius 3 is 2.48 bits per heavy atom. The van der Waals surface area contributed by atoms with Crippen molar-refractivity contribution in [2.45, 2.75) is 39.2 Å². The van der Waals surface area contributed by atoms with Crippen LogP contribution in [0.1, 0.15) is 38.7 Å². The average Bonchev–Trinajstić information content (AvgIpc) is 3.04. The quantitative estimate of drug-likeness (QED) is 0.517. The largest absolute Gasteiger partial charge is 0.480 e. The number of hydrogen-bond acceptors (Lipinski definition) is 7. The van der Waals surface area contributed by atoms with Crippen LogP contribution in [0, 0.1) is 16.0 Å². The molecule has 10 heteroatoms. The topological polar surface area (TPSA) is 137 Å². The normalized spacial score (nSPS) is 14.5. The van der Waals surface area contributed by atoms with Gasteiger partial charge >= 0.3 is 12.1 Å². The summed E-state index contributed by atoms with van der Waals surface area (Å²) in [5, 5.41) is 22.7. The van der Waals surface area contributed by atoms with Crippen molar-refractivity contribution in [3.8, 4) is 11.5 Å². The molecule has 2 rings (SSSR count). The summed E-state index contributed by atoms with van der Waals surface area (Å²) < 4.78 is 15.4. The molecule has 1 aliphatic rings. The maximum absolute atomic E-state index is 11.9. The molecule has 2 atom stereocenters. The summed E-state index contributed by atoms with van der Waals surface area (Å²) >= 11 is 0. The van der Waals surface area contributed by atoms with Crippen LogP contribution in [0.5, 0.6) is 11.5 Å². The van der Waals surface area contributed by atoms with Crippen LogP contribution in [0.4, 0.5) is 10.5 Å². The first-order valence-electron chi connectivity index (χ1n) is 8.43. The molecule has 0 saturated carbocycles. The first-order valence-corrected chi connectivity index (χ1v) is 8.43. The molecule has 1 unspecified atom stereocenters. The molecule has 0 saturated heterocycles. The number of carboxylic acids is 1. The van der Waals surface area contributed by atoms with Crippen LogP contribution in [-0.4, -0.2) is 41.5 Å². The van der Waals surface area contributed by atoms with Gasteiger partial charge in [0.05, 0.1) is 11.0 Å². The van der Waals surface area contributed by atoms with E-state index in [-0.39, 0.29) is 37.2 Å². The number of rotatable bonds is 8. The Bertz CT molecular complexity index is 734. The molecule has 0 radical (unpaired) electrons. The molecule has 1 amide bonds. The molecule has 10 nitrogen and oxygen atoms in total. The number of nitrogens with one attached hydrogen (secondary N) is 1. The van der Waals surface area contributed by atoms with E-state index >= 15 is 0 Å². The molecule has 1 aliphatic heterocycles. The number of nitro benzene ring substituents is 1. The Kier molecular flexibility index (Phi) is 6.43. The Morgan fingerprint density at radius 1 is 1.30 bits per heavy atom. The first kappa shape index (κ1) is 20.3. The highest BCUT2D eigenvalue weighted by molar-refractivity contribution is 5.79. The standard InChI is InChI=1S/C17H22N2O8/c1-9(2)4-12(16(20)21)18-17(22)25-7-10(3)11-5-14-15(27-8-26-14)6-13(11)19(23)24/h5-6,9-10,12H,4,7-8H2,1-3H3,(H,18,22)(H,20,21)/t10?,12-/m0/s1. The molecule has 0 spiro atoms. The summed E-state index contributed by atoms with van der Waals surface area (Å²) in [5.41, 5.74) is 0.160. The van der Waals surface area contributed by atoms with Crippen molar-refractivity contribution in [2.75, 3.05) is 13.4 Å². The van der Waals surface area contributed by atoms with Gasteiger partial charge in [-0.25, -0.2) is 9.59 Å². The number of carbonyl (C=O) groups excluding carboxylic acids is 1. The van der Waals surface area contributed by atoms with Gasteiger partial charge in [0.1, 0.15) is 12.6 Å². The fourth-order valence-corrected chi connectivity index (χ4v) is 2.67. The number of ether oxygens (including phenoxy) is 3. The molecule has 0 fully saturated rings. The predicted octanol–water partition coefficient (Wildman–Crippen LogP) is 2.65. The molecule has 1 aromatic carbocycles. The van der Waals surface area contributed by atoms with Crippen molar-refractivity contribution < 1.29 is 33.8 Å². The van der Waals surface area contributed by atoms with Crippen molar-refractivity contribution in [1.29, 1.82) is 0 Å². The van der Waals surface area contributed by atoms with E-state index in [0.717, 1.165) is 0 Å². The van der Waals surface area contributed by atoms with E-state index in [1.54, 1.807) is 6.92 Å². The lowest BCUT2D eigenvalue weighted by Crippen LogP contribution is -2.42. The third-order valence-corrected chi connectivity index (χ3v) is 4.01. The van der Waals surface area contributed by atoms with E-state index < -0.39 is 28.9 Å². The lowest BCUT2D eigenvalue weighted by atomic mass is 9.99. The van der Waals surface area contributed by atoms with Crippen LogP contribution < -0.4 is 14.8 Å². The number of carbonyl (C=O) groups is 2. The summed E-state index contributed by atoms with van der Waals surface area (Å²) in [7, 11) is 0. The number of alkyl carbamates (subject to hydrolysis) is 1. The molecule has 1 aromatic rings. The zero-order chi connectivity index (χ0) is 20.1. The van der Waals surface area contributed by atoms with E-state index in [0.29, 0.717) is 11.3 Å². The lowest BCUT2D eigenvalue weighted by Gasteiger charge is -2.18. The maximum atomic E-state index is 11.9. The maximum Gasteiger partial charge on any atom is 0.407 e. The molecular weight excluding hydrogens is 360 g/mol. The van der Waals surface area contributed by atoms with Crippen LogP contribution >= 0.6 is 0 Å². The second-order valence-electron chi connectivity index (χ2n) is 6.69. The first-order chi connectivity index (χ1) is 12.7. The van der Waals surface area contributed by atoms with Crippen molar-refractivity contribution in [1.82, 2.24) is 5.32 Å². The van der Waals surface area contributed by atoms with Gasteiger partial charge in [0, 0.05) is 11.5 Å². The van der Waals surface area contributed by atoms with Gasteiger partial charge in [-0.2, -0.15) is 0 Å². The summed E-state index contributed by atoms with van der Waals surface area (Å²) in [6, 6.07) is 1.70. The second-order valence-corrected chi connectivity index (χ2v) is 6.69. The van der Waals surface area contributed by atoms with Crippen molar-refractivity contribution >= 4 is 17.7 Å². The van der Waals surface area contributed by atoms with Crippen LogP contribution in [0.25, 0.3) is 0 Å². The fourth-order valence-electron chi connectivity index (χ4n) is 2.67. The van der Waals surface area contributed by atoms with Gasteiger partial charge in [-0.15, -0.1) is 0 Å². The minimum atomic E-state index is -1.15. The Morgan fingerprint density at radius 2 is 1.93 bits per heavy atom. The van der Waals surface area contributed by atoms with Gasteiger partial charge in [-0.3, -0.25) is 10.1 Å². The molecule has 0 aliphatic carbocycles. The summed E-state index contributed by atoms with van der Waals surface area (Å²) in [6.07, 6.45) is -0.633. The van der Waals surface area contributed by atoms with Crippen LogP contribution in [-0.2, 0) is 9.53 Å². The number of fused-ring (bicyclic) bond motifs is 1. The molecule has 148 valence electrons. The van der Waals surface area contributed by atoms with E-state index in [9.17, 15) is 19.7 Å². The number of nitrogens with zero attached hydrogens (tertiary/aromatic N) is 1. The molecule has 27 heavy (non-hydrogen) atoms. The molecule has 0 bridgehead atoms. The van der Waals surface area contributed by atoms with Gasteiger partial charge in [-0.05, 0) is 18.4 Å². The Hall–Kier alpha value is -3.04. The summed E-state index contributed by atoms with van der Waals surface area (Å²) in [6.45, 7) is 5.14. The van der Waals surface area contributed by atoms with Gasteiger partial charge < -0.3 is 24.6 Å². The van der Waals surface area contributed by atoms with E-state index in [1.165, 1.54) is 12.1 Å². The zero-order valence-electron chi connectivity index (χ0n) is 15.3. The smallest absolute Gasteiger partial charge is 0.407 e. The third-order valence-electron chi connectivity index (χ3n) is 4.01. The minimum absolute atomic E-state index is 0.0182. The number of carboxylic acid groups (broad SMARTS) is 1. The minimum Gasteiger partial charge on any atom is -0.480 e. The summed E-state index contributed by atoms with van der Waals surface area (Å²) in [4.78, 5) is 33.9. The molecule has 0 aromatic heterocycles. The van der Waals surface area contributed by atoms with Gasteiger partial charge in [0.25, 0.3) is 5.69 Å². The van der Waals surface area contributed by atoms with Gasteiger partial charge in [0.15, 0.2) is 11.5 Å². The number of benzene rings is 1. The highest BCUT2D eigenvalue weighted by Crippen LogP contribution is 2.40. The van der Waals surface area contributed by atoms with Crippen molar-refractivity contribution in [3.05, 3.63) is 27.8 Å². The van der Waals surface area contributed by atoms with Crippen molar-refractivity contribution in [2.24, 2.45) is 5.92 Å². The summed E-state index contributed by atoms with van der Waals surface area (Å²) in [5.74, 6) is -0.926. The zero-order valence-corrected chi connectivity index (χ0v) is 15.3. The molecule has 1 heterocycles. The van der Waals surface area contributed by atoms with E-state index in [1.807, 2.05) is 13.8 Å². The lowest BCUT2D eigenvalue weighted by molar-refractivity contribution is -0.385.